The maximum atomic E-state index is 12.0. The number of nitrogens with zero attached hydrogens (tertiary/aromatic N) is 1. The van der Waals surface area contributed by atoms with Gasteiger partial charge in [-0.2, -0.15) is 0 Å². The average molecular weight is 320 g/mol. The van der Waals surface area contributed by atoms with E-state index < -0.39 is 0 Å². The lowest BCUT2D eigenvalue weighted by Crippen LogP contribution is -2.29. The Morgan fingerprint density at radius 3 is 2.59 bits per heavy atom. The van der Waals surface area contributed by atoms with Crippen LogP contribution in [0.5, 0.6) is 0 Å². The van der Waals surface area contributed by atoms with Gasteiger partial charge in [-0.15, -0.1) is 0 Å². The number of pyridine rings is 1. The molecule has 0 radical (unpaired) electrons. The number of aliphatic hydroxyl groups excluding tert-OH is 1. The van der Waals surface area contributed by atoms with Crippen LogP contribution in [0.15, 0.2) is 30.3 Å². The van der Waals surface area contributed by atoms with Crippen molar-refractivity contribution < 1.29 is 9.90 Å². The predicted octanol–water partition coefficient (Wildman–Crippen LogP) is 3.17. The number of amides is 2. The molecule has 0 saturated carbocycles. The number of aliphatic hydroxyl groups is 1. The highest BCUT2D eigenvalue weighted by Crippen LogP contribution is 2.24. The Hall–Kier alpha value is -2.11. The Morgan fingerprint density at radius 1 is 1.27 bits per heavy atom. The van der Waals surface area contributed by atoms with Gasteiger partial charge in [-0.05, 0) is 36.6 Å². The number of rotatable bonds is 4. The van der Waals surface area contributed by atoms with Crippen molar-refractivity contribution >= 4 is 23.3 Å². The molecule has 3 N–H and O–H groups in total. The van der Waals surface area contributed by atoms with E-state index in [0.29, 0.717) is 12.2 Å². The number of anilines is 1. The Kier molecular flexibility index (Phi) is 5.35. The van der Waals surface area contributed by atoms with Crippen LogP contribution in [-0.4, -0.2) is 16.1 Å². The van der Waals surface area contributed by atoms with Gasteiger partial charge in [-0.3, -0.25) is 0 Å². The van der Waals surface area contributed by atoms with E-state index in [0.717, 1.165) is 22.4 Å². The van der Waals surface area contributed by atoms with E-state index in [1.807, 2.05) is 44.2 Å². The lowest BCUT2D eigenvalue weighted by atomic mass is 10.1. The Bertz CT molecular complexity index is 666. The molecule has 6 heteroatoms. The van der Waals surface area contributed by atoms with Crippen LogP contribution in [0, 0.1) is 13.8 Å². The predicted molar refractivity (Wildman–Crippen MR) is 86.9 cm³/mol. The topological polar surface area (TPSA) is 74.2 Å². The minimum absolute atomic E-state index is 0.0632. The van der Waals surface area contributed by atoms with Gasteiger partial charge in [0.25, 0.3) is 0 Å². The minimum atomic E-state index is -0.372. The molecule has 0 atom stereocenters. The number of halogens is 1. The fourth-order valence-corrected chi connectivity index (χ4v) is 2.49. The lowest BCUT2D eigenvalue weighted by Gasteiger charge is -2.13. The van der Waals surface area contributed by atoms with Gasteiger partial charge >= 0.3 is 6.03 Å². The largest absolute Gasteiger partial charge is 0.392 e. The zero-order valence-electron chi connectivity index (χ0n) is 12.5. The van der Waals surface area contributed by atoms with Gasteiger partial charge in [-0.1, -0.05) is 35.9 Å². The summed E-state index contributed by atoms with van der Waals surface area (Å²) in [6, 6.07) is 8.86. The monoisotopic (exact) mass is 319 g/mol. The first-order valence-electron chi connectivity index (χ1n) is 6.87. The molecule has 0 aliphatic rings. The minimum Gasteiger partial charge on any atom is -0.392 e. The summed E-state index contributed by atoms with van der Waals surface area (Å²) in [5, 5.41) is 15.0. The first-order chi connectivity index (χ1) is 10.5. The van der Waals surface area contributed by atoms with Crippen LogP contribution >= 0.6 is 11.6 Å². The SMILES string of the molecule is Cc1cc(C)c(NC(=O)NCc2ccccc2CO)c(Cl)n1. The highest BCUT2D eigenvalue weighted by atomic mass is 35.5. The molecule has 0 unspecified atom stereocenters. The normalized spacial score (nSPS) is 10.4. The van der Waals surface area contributed by atoms with Crippen molar-refractivity contribution in [3.8, 4) is 0 Å². The molecule has 0 fully saturated rings. The van der Waals surface area contributed by atoms with E-state index >= 15 is 0 Å². The molecule has 2 rings (SSSR count). The van der Waals surface area contributed by atoms with Crippen molar-refractivity contribution in [3.05, 3.63) is 57.9 Å². The molecule has 0 aliphatic carbocycles. The van der Waals surface area contributed by atoms with Gasteiger partial charge in [0.1, 0.15) is 0 Å². The molecule has 2 aromatic rings. The van der Waals surface area contributed by atoms with Crippen LogP contribution in [0.1, 0.15) is 22.4 Å². The molecule has 1 aromatic carbocycles. The number of carbonyl (C=O) groups is 1. The van der Waals surface area contributed by atoms with Crippen LogP contribution in [-0.2, 0) is 13.2 Å². The fraction of sp³-hybridized carbons (Fsp3) is 0.250. The van der Waals surface area contributed by atoms with Gasteiger partial charge in [0.15, 0.2) is 5.15 Å². The third-order valence-corrected chi connectivity index (χ3v) is 3.54. The van der Waals surface area contributed by atoms with Crippen LogP contribution in [0.2, 0.25) is 5.15 Å². The fourth-order valence-electron chi connectivity index (χ4n) is 2.16. The standard InChI is InChI=1S/C16H18ClN3O2/c1-10-7-11(2)19-15(17)14(10)20-16(22)18-8-12-5-3-4-6-13(12)9-21/h3-7,21H,8-9H2,1-2H3,(H2,18,20,22). The quantitative estimate of drug-likeness (QED) is 0.758. The van der Waals surface area contributed by atoms with Gasteiger partial charge in [0.05, 0.1) is 12.3 Å². The molecule has 5 nitrogen and oxygen atoms in total. The third kappa shape index (κ3) is 3.96. The van der Waals surface area contributed by atoms with Gasteiger partial charge in [-0.25, -0.2) is 9.78 Å². The number of aryl methyl sites for hydroxylation is 2. The van der Waals surface area contributed by atoms with Crippen molar-refractivity contribution in [2.75, 3.05) is 5.32 Å². The molecule has 22 heavy (non-hydrogen) atoms. The van der Waals surface area contributed by atoms with Crippen LogP contribution in [0.25, 0.3) is 0 Å². The molecule has 0 spiro atoms. The summed E-state index contributed by atoms with van der Waals surface area (Å²) in [6.07, 6.45) is 0. The van der Waals surface area contributed by atoms with Gasteiger partial charge in [0, 0.05) is 12.2 Å². The number of hydrogen-bond acceptors (Lipinski definition) is 3. The summed E-state index contributed by atoms with van der Waals surface area (Å²) in [7, 11) is 0. The first kappa shape index (κ1) is 16.3. The zero-order chi connectivity index (χ0) is 16.1. The van der Waals surface area contributed by atoms with Gasteiger partial charge < -0.3 is 15.7 Å². The molecule has 1 heterocycles. The summed E-state index contributed by atoms with van der Waals surface area (Å²) < 4.78 is 0. The first-order valence-corrected chi connectivity index (χ1v) is 7.25. The molecule has 0 saturated heterocycles. The van der Waals surface area contributed by atoms with Crippen LogP contribution in [0.4, 0.5) is 10.5 Å². The average Bonchev–Trinajstić information content (AvgIpc) is 2.49. The van der Waals surface area contributed by atoms with E-state index in [-0.39, 0.29) is 17.8 Å². The van der Waals surface area contributed by atoms with Crippen molar-refractivity contribution in [3.63, 3.8) is 0 Å². The number of carbonyl (C=O) groups excluding carboxylic acids is 1. The molecule has 1 aromatic heterocycles. The number of nitrogens with one attached hydrogen (secondary N) is 2. The second-order valence-corrected chi connectivity index (χ2v) is 5.34. The van der Waals surface area contributed by atoms with Crippen molar-refractivity contribution in [2.45, 2.75) is 27.0 Å². The number of benzene rings is 1. The molecular formula is C16H18ClN3O2. The summed E-state index contributed by atoms with van der Waals surface area (Å²) in [4.78, 5) is 16.1. The molecule has 116 valence electrons. The van der Waals surface area contributed by atoms with Gasteiger partial charge in [0.2, 0.25) is 0 Å². The van der Waals surface area contributed by atoms with Crippen LogP contribution < -0.4 is 10.6 Å². The van der Waals surface area contributed by atoms with Crippen molar-refractivity contribution in [1.82, 2.24) is 10.3 Å². The lowest BCUT2D eigenvalue weighted by molar-refractivity contribution is 0.251. The second-order valence-electron chi connectivity index (χ2n) is 4.98. The van der Waals surface area contributed by atoms with Crippen molar-refractivity contribution in [2.24, 2.45) is 0 Å². The zero-order valence-corrected chi connectivity index (χ0v) is 13.2. The molecule has 0 bridgehead atoms. The summed E-state index contributed by atoms with van der Waals surface area (Å²) in [6.45, 7) is 3.95. The highest BCUT2D eigenvalue weighted by molar-refractivity contribution is 6.32. The number of aromatic nitrogens is 1. The smallest absolute Gasteiger partial charge is 0.319 e. The van der Waals surface area contributed by atoms with E-state index in [9.17, 15) is 9.90 Å². The summed E-state index contributed by atoms with van der Waals surface area (Å²) >= 11 is 6.06. The second kappa shape index (κ2) is 7.24. The number of hydrogen-bond donors (Lipinski definition) is 3. The van der Waals surface area contributed by atoms with Crippen molar-refractivity contribution in [1.29, 1.82) is 0 Å². The summed E-state index contributed by atoms with van der Waals surface area (Å²) in [5.74, 6) is 0. The Labute approximate surface area is 134 Å². The molecule has 2 amide bonds. The highest BCUT2D eigenvalue weighted by Gasteiger charge is 2.11. The molecule has 0 aliphatic heterocycles. The number of urea groups is 1. The van der Waals surface area contributed by atoms with E-state index in [4.69, 9.17) is 11.6 Å². The molecular weight excluding hydrogens is 302 g/mol. The summed E-state index contributed by atoms with van der Waals surface area (Å²) in [5.41, 5.74) is 3.80. The van der Waals surface area contributed by atoms with E-state index in [1.165, 1.54) is 0 Å². The van der Waals surface area contributed by atoms with E-state index in [1.54, 1.807) is 0 Å². The third-order valence-electron chi connectivity index (χ3n) is 3.27. The maximum absolute atomic E-state index is 12.0. The van der Waals surface area contributed by atoms with E-state index in [2.05, 4.69) is 15.6 Å². The maximum Gasteiger partial charge on any atom is 0.319 e. The van der Waals surface area contributed by atoms with Crippen LogP contribution in [0.3, 0.4) is 0 Å². The Morgan fingerprint density at radius 2 is 1.95 bits per heavy atom. The Balaban J connectivity index is 2.02.